The van der Waals surface area contributed by atoms with Gasteiger partial charge >= 0.3 is 12.0 Å². The third kappa shape index (κ3) is 2.42. The van der Waals surface area contributed by atoms with Crippen LogP contribution in [-0.2, 0) is 6.42 Å². The molecule has 0 fully saturated rings. The van der Waals surface area contributed by atoms with Gasteiger partial charge in [0.25, 0.3) is 0 Å². The van der Waals surface area contributed by atoms with Crippen molar-refractivity contribution in [2.45, 2.75) is 13.3 Å². The van der Waals surface area contributed by atoms with Crippen LogP contribution in [0.2, 0.25) is 0 Å². The maximum Gasteiger partial charge on any atom is 0.316 e. The lowest BCUT2D eigenvalue weighted by Gasteiger charge is -1.96. The Balaban J connectivity index is 1.80. The van der Waals surface area contributed by atoms with Gasteiger partial charge in [-0.05, 0) is 0 Å². The van der Waals surface area contributed by atoms with Crippen molar-refractivity contribution >= 4 is 12.0 Å². The average molecular weight is 210 g/mol. The average Bonchev–Trinajstić information content (AvgIpc) is 2.76. The summed E-state index contributed by atoms with van der Waals surface area (Å²) in [6.45, 7) is 2.31. The molecule has 2 rings (SSSR count). The lowest BCUT2D eigenvalue weighted by atomic mass is 10.4. The number of aromatic nitrogens is 4. The highest BCUT2D eigenvalue weighted by molar-refractivity contribution is 5.22. The molecule has 2 aromatic rings. The van der Waals surface area contributed by atoms with Gasteiger partial charge in [-0.25, -0.2) is 0 Å². The van der Waals surface area contributed by atoms with Crippen molar-refractivity contribution in [2.24, 2.45) is 0 Å². The molecule has 0 atom stereocenters. The third-order valence-electron chi connectivity index (χ3n) is 1.64. The van der Waals surface area contributed by atoms with Gasteiger partial charge in [0.2, 0.25) is 5.89 Å². The van der Waals surface area contributed by atoms with E-state index < -0.39 is 0 Å². The zero-order valence-electron chi connectivity index (χ0n) is 8.10. The molecule has 80 valence electrons. The highest BCUT2D eigenvalue weighted by atomic mass is 16.5. The lowest BCUT2D eigenvalue weighted by molar-refractivity contribution is 0.387. The summed E-state index contributed by atoms with van der Waals surface area (Å²) in [6.07, 6.45) is 0.611. The van der Waals surface area contributed by atoms with E-state index in [0.29, 0.717) is 24.7 Å². The minimum atomic E-state index is 0.0351. The van der Waals surface area contributed by atoms with E-state index in [-0.39, 0.29) is 12.0 Å². The van der Waals surface area contributed by atoms with Gasteiger partial charge in [0, 0.05) is 19.9 Å². The molecule has 0 aromatic carbocycles. The van der Waals surface area contributed by atoms with Crippen molar-refractivity contribution in [3.05, 3.63) is 11.7 Å². The lowest BCUT2D eigenvalue weighted by Crippen LogP contribution is -2.06. The van der Waals surface area contributed by atoms with Crippen LogP contribution in [0.25, 0.3) is 0 Å². The van der Waals surface area contributed by atoms with E-state index in [1.165, 1.54) is 0 Å². The van der Waals surface area contributed by atoms with Crippen LogP contribution in [0.4, 0.5) is 12.0 Å². The molecule has 15 heavy (non-hydrogen) atoms. The molecule has 0 spiro atoms. The van der Waals surface area contributed by atoms with E-state index in [1.807, 2.05) is 0 Å². The first-order valence-electron chi connectivity index (χ1n) is 4.36. The summed E-state index contributed by atoms with van der Waals surface area (Å²) in [5.74, 6) is 1.18. The zero-order valence-corrected chi connectivity index (χ0v) is 8.10. The first-order valence-corrected chi connectivity index (χ1v) is 4.36. The Morgan fingerprint density at radius 1 is 1.40 bits per heavy atom. The summed E-state index contributed by atoms with van der Waals surface area (Å²) in [6, 6.07) is 0.320. The highest BCUT2D eigenvalue weighted by Gasteiger charge is 2.04. The first-order chi connectivity index (χ1) is 7.24. The number of hydrogen-bond donors (Lipinski definition) is 2. The number of rotatable bonds is 4. The highest BCUT2D eigenvalue weighted by Crippen LogP contribution is 2.05. The fourth-order valence-electron chi connectivity index (χ4n) is 1.03. The normalized spacial score (nSPS) is 10.5. The minimum Gasteiger partial charge on any atom is -0.390 e. The number of anilines is 2. The molecule has 0 saturated carbocycles. The smallest absolute Gasteiger partial charge is 0.316 e. The van der Waals surface area contributed by atoms with Crippen LogP contribution in [0.15, 0.2) is 8.94 Å². The molecule has 0 aliphatic heterocycles. The van der Waals surface area contributed by atoms with Crippen molar-refractivity contribution < 1.29 is 8.94 Å². The van der Waals surface area contributed by atoms with Gasteiger partial charge in [-0.2, -0.15) is 4.98 Å². The second-order valence-corrected chi connectivity index (χ2v) is 2.85. The molecule has 3 N–H and O–H groups in total. The van der Waals surface area contributed by atoms with Gasteiger partial charge in [0.15, 0.2) is 5.82 Å². The fourth-order valence-corrected chi connectivity index (χ4v) is 1.03. The first kappa shape index (κ1) is 9.44. The van der Waals surface area contributed by atoms with Crippen LogP contribution in [0.3, 0.4) is 0 Å². The van der Waals surface area contributed by atoms with Crippen molar-refractivity contribution in [1.82, 2.24) is 20.3 Å². The predicted molar refractivity (Wildman–Crippen MR) is 49.9 cm³/mol. The molecule has 0 aliphatic carbocycles. The molecule has 0 saturated heterocycles. The fraction of sp³-hybridized carbons (Fsp3) is 0.429. The Labute approximate surface area is 84.9 Å². The third-order valence-corrected chi connectivity index (χ3v) is 1.64. The van der Waals surface area contributed by atoms with Gasteiger partial charge in [-0.3, -0.25) is 0 Å². The molecular weight excluding hydrogens is 200 g/mol. The van der Waals surface area contributed by atoms with Gasteiger partial charge < -0.3 is 20.0 Å². The molecule has 8 heteroatoms. The molecule has 0 radical (unpaired) electrons. The maximum atomic E-state index is 5.24. The molecule has 0 unspecified atom stereocenters. The number of nitrogens with zero attached hydrogens (tertiary/aromatic N) is 4. The Bertz CT molecular complexity index is 396. The monoisotopic (exact) mass is 210 g/mol. The summed E-state index contributed by atoms with van der Waals surface area (Å²) in [5, 5.41) is 13.7. The summed E-state index contributed by atoms with van der Waals surface area (Å²) >= 11 is 0. The topological polar surface area (TPSA) is 116 Å². The quantitative estimate of drug-likeness (QED) is 0.724. The molecule has 0 amide bonds. The maximum absolute atomic E-state index is 5.24. The van der Waals surface area contributed by atoms with Crippen LogP contribution >= 0.6 is 0 Å². The predicted octanol–water partition coefficient (Wildman–Crippen LogP) is -0.00218. The summed E-state index contributed by atoms with van der Waals surface area (Å²) in [5.41, 5.74) is 5.24. The summed E-state index contributed by atoms with van der Waals surface area (Å²) in [7, 11) is 0. The number of nitrogens with two attached hydrogens (primary N) is 1. The summed E-state index contributed by atoms with van der Waals surface area (Å²) in [4.78, 5) is 4.04. The SMILES string of the molecule is Cc1nc(CCNc2nnc(N)o2)no1. The molecular formula is C7H10N6O2. The van der Waals surface area contributed by atoms with Gasteiger partial charge in [-0.1, -0.05) is 15.4 Å². The molecule has 2 heterocycles. The number of hydrogen-bond acceptors (Lipinski definition) is 8. The van der Waals surface area contributed by atoms with E-state index in [2.05, 4.69) is 25.7 Å². The van der Waals surface area contributed by atoms with E-state index in [4.69, 9.17) is 14.7 Å². The van der Waals surface area contributed by atoms with Crippen molar-refractivity contribution in [2.75, 3.05) is 17.6 Å². The zero-order chi connectivity index (χ0) is 10.7. The second kappa shape index (κ2) is 3.95. The second-order valence-electron chi connectivity index (χ2n) is 2.85. The van der Waals surface area contributed by atoms with E-state index in [1.54, 1.807) is 6.92 Å². The van der Waals surface area contributed by atoms with Crippen LogP contribution < -0.4 is 11.1 Å². The Hall–Kier alpha value is -2.12. The standard InChI is InChI=1S/C7H10N6O2/c1-4-10-5(13-15-4)2-3-9-7-12-11-6(8)14-7/h2-3H2,1H3,(H2,8,11)(H,9,12). The number of nitrogen functional groups attached to an aromatic ring is 1. The van der Waals surface area contributed by atoms with E-state index in [0.717, 1.165) is 0 Å². The molecule has 8 nitrogen and oxygen atoms in total. The molecule has 0 aliphatic rings. The van der Waals surface area contributed by atoms with Gasteiger partial charge in [-0.15, -0.1) is 0 Å². The number of nitrogens with one attached hydrogen (secondary N) is 1. The van der Waals surface area contributed by atoms with Crippen molar-refractivity contribution in [1.29, 1.82) is 0 Å². The molecule has 2 aromatic heterocycles. The van der Waals surface area contributed by atoms with Gasteiger partial charge in [0.05, 0.1) is 0 Å². The molecule has 0 bridgehead atoms. The van der Waals surface area contributed by atoms with Crippen LogP contribution in [-0.4, -0.2) is 26.9 Å². The van der Waals surface area contributed by atoms with Crippen LogP contribution in [0, 0.1) is 6.92 Å². The van der Waals surface area contributed by atoms with E-state index in [9.17, 15) is 0 Å². The number of aryl methyl sites for hydroxylation is 1. The Morgan fingerprint density at radius 3 is 2.87 bits per heavy atom. The van der Waals surface area contributed by atoms with Crippen molar-refractivity contribution in [3.8, 4) is 0 Å². The van der Waals surface area contributed by atoms with Crippen LogP contribution in [0.5, 0.6) is 0 Å². The summed E-state index contributed by atoms with van der Waals surface area (Å²) < 4.78 is 9.72. The van der Waals surface area contributed by atoms with Crippen LogP contribution in [0.1, 0.15) is 11.7 Å². The minimum absolute atomic E-state index is 0.0351. The van der Waals surface area contributed by atoms with Crippen molar-refractivity contribution in [3.63, 3.8) is 0 Å². The van der Waals surface area contributed by atoms with Gasteiger partial charge in [0.1, 0.15) is 0 Å². The Kier molecular flexibility index (Phi) is 2.48. The van der Waals surface area contributed by atoms with E-state index >= 15 is 0 Å². The largest absolute Gasteiger partial charge is 0.390 e. The Morgan fingerprint density at radius 2 is 2.27 bits per heavy atom.